The zero-order valence-corrected chi connectivity index (χ0v) is 21.7. The van der Waals surface area contributed by atoms with Gasteiger partial charge in [0.15, 0.2) is 10.3 Å². The maximum absolute atomic E-state index is 6.25. The predicted molar refractivity (Wildman–Crippen MR) is 141 cm³/mol. The van der Waals surface area contributed by atoms with Gasteiger partial charge in [0.2, 0.25) is 0 Å². The first kappa shape index (κ1) is 22.9. The number of thiazole rings is 1. The maximum atomic E-state index is 6.25. The fraction of sp³-hybridized carbons (Fsp3) is 0.360. The number of anilines is 2. The van der Waals surface area contributed by atoms with E-state index in [-0.39, 0.29) is 0 Å². The molecule has 0 saturated heterocycles. The Labute approximate surface area is 207 Å². The molecule has 1 aliphatic heterocycles. The van der Waals surface area contributed by atoms with Gasteiger partial charge in [-0.1, -0.05) is 36.9 Å². The van der Waals surface area contributed by atoms with Crippen molar-refractivity contribution in [2.75, 3.05) is 30.0 Å². The monoisotopic (exact) mass is 492 g/mol. The highest BCUT2D eigenvalue weighted by Gasteiger charge is 2.24. The molecule has 0 bridgehead atoms. The number of nitrogen functional groups attached to an aromatic ring is 1. The number of hydrogen-bond donors (Lipinski definition) is 1. The molecule has 34 heavy (non-hydrogen) atoms. The molecule has 4 aromatic rings. The van der Waals surface area contributed by atoms with Gasteiger partial charge in [-0.25, -0.2) is 19.9 Å². The standard InChI is InChI=1S/C25H28N6OS2/c1-13(2)20-15(4)28-25(33-5)30-22(20)31-6-7-32-21-14(3)8-16(9-18(21)12-31)17-10-19-23(27-11-17)34-24(26)29-19/h8-11,13H,6-7,12H2,1-5H3,(H2,26,29). The number of aryl methyl sites for hydroxylation is 2. The molecule has 1 aromatic carbocycles. The molecule has 0 spiro atoms. The molecule has 4 heterocycles. The van der Waals surface area contributed by atoms with Gasteiger partial charge in [-0.15, -0.1) is 0 Å². The summed E-state index contributed by atoms with van der Waals surface area (Å²) in [6.07, 6.45) is 3.91. The van der Waals surface area contributed by atoms with E-state index in [1.54, 1.807) is 11.8 Å². The Morgan fingerprint density at radius 2 is 1.94 bits per heavy atom. The van der Waals surface area contributed by atoms with E-state index >= 15 is 0 Å². The van der Waals surface area contributed by atoms with Crippen molar-refractivity contribution in [2.24, 2.45) is 0 Å². The van der Waals surface area contributed by atoms with E-state index < -0.39 is 0 Å². The van der Waals surface area contributed by atoms with Crippen molar-refractivity contribution in [2.45, 2.75) is 45.3 Å². The van der Waals surface area contributed by atoms with Crippen molar-refractivity contribution in [3.05, 3.63) is 46.8 Å². The van der Waals surface area contributed by atoms with E-state index in [0.717, 1.165) is 61.6 Å². The number of ether oxygens (including phenoxy) is 1. The molecule has 0 unspecified atom stereocenters. The Morgan fingerprint density at radius 3 is 2.71 bits per heavy atom. The summed E-state index contributed by atoms with van der Waals surface area (Å²) >= 11 is 2.98. The highest BCUT2D eigenvalue weighted by molar-refractivity contribution is 7.98. The van der Waals surface area contributed by atoms with E-state index in [1.807, 2.05) is 12.5 Å². The van der Waals surface area contributed by atoms with E-state index in [0.29, 0.717) is 24.2 Å². The number of rotatable bonds is 4. The summed E-state index contributed by atoms with van der Waals surface area (Å²) < 4.78 is 6.25. The summed E-state index contributed by atoms with van der Waals surface area (Å²) in [7, 11) is 0. The summed E-state index contributed by atoms with van der Waals surface area (Å²) in [5.74, 6) is 2.29. The molecule has 0 amide bonds. The fourth-order valence-electron chi connectivity index (χ4n) is 4.61. The molecule has 5 rings (SSSR count). The molecule has 2 N–H and O–H groups in total. The van der Waals surface area contributed by atoms with Gasteiger partial charge >= 0.3 is 0 Å². The lowest BCUT2D eigenvalue weighted by molar-refractivity contribution is 0.329. The molecule has 7 nitrogen and oxygen atoms in total. The Morgan fingerprint density at radius 1 is 1.12 bits per heavy atom. The Balaban J connectivity index is 1.58. The molecule has 0 fully saturated rings. The minimum atomic E-state index is 0.325. The number of nitrogens with zero attached hydrogens (tertiary/aromatic N) is 5. The minimum absolute atomic E-state index is 0.325. The number of thioether (sulfide) groups is 1. The van der Waals surface area contributed by atoms with Crippen molar-refractivity contribution in [1.82, 2.24) is 19.9 Å². The molecule has 0 radical (unpaired) electrons. The lowest BCUT2D eigenvalue weighted by Gasteiger charge is -2.26. The number of benzene rings is 1. The zero-order chi connectivity index (χ0) is 24.0. The summed E-state index contributed by atoms with van der Waals surface area (Å²) in [6.45, 7) is 10.7. The van der Waals surface area contributed by atoms with Crippen LogP contribution < -0.4 is 15.4 Å². The van der Waals surface area contributed by atoms with Crippen molar-refractivity contribution in [3.63, 3.8) is 0 Å². The van der Waals surface area contributed by atoms with Crippen LogP contribution in [0.2, 0.25) is 0 Å². The molecule has 9 heteroatoms. The van der Waals surface area contributed by atoms with Crippen LogP contribution in [-0.2, 0) is 6.54 Å². The summed E-state index contributed by atoms with van der Waals surface area (Å²) in [4.78, 5) is 21.8. The van der Waals surface area contributed by atoms with Crippen molar-refractivity contribution >= 4 is 44.4 Å². The number of pyridine rings is 1. The van der Waals surface area contributed by atoms with Crippen LogP contribution in [-0.4, -0.2) is 39.3 Å². The van der Waals surface area contributed by atoms with Crippen molar-refractivity contribution in [1.29, 1.82) is 0 Å². The van der Waals surface area contributed by atoms with Crippen LogP contribution >= 0.6 is 23.1 Å². The SMILES string of the molecule is CSc1nc(C)c(C(C)C)c(N2CCOc3c(C)cc(-c4cnc5sc(N)nc5c4)cc3C2)n1. The summed E-state index contributed by atoms with van der Waals surface area (Å²) in [5.41, 5.74) is 13.3. The Kier molecular flexibility index (Phi) is 6.07. The molecule has 3 aromatic heterocycles. The van der Waals surface area contributed by atoms with Crippen LogP contribution in [0.3, 0.4) is 0 Å². The number of nitrogens with two attached hydrogens (primary N) is 1. The Bertz CT molecular complexity index is 1380. The first-order chi connectivity index (χ1) is 16.3. The van der Waals surface area contributed by atoms with Crippen LogP contribution in [0.25, 0.3) is 21.5 Å². The largest absolute Gasteiger partial charge is 0.491 e. The maximum Gasteiger partial charge on any atom is 0.189 e. The summed E-state index contributed by atoms with van der Waals surface area (Å²) in [6, 6.07) is 6.42. The van der Waals surface area contributed by atoms with Gasteiger partial charge in [-0.3, -0.25) is 0 Å². The second-order valence-corrected chi connectivity index (χ2v) is 10.6. The van der Waals surface area contributed by atoms with Gasteiger partial charge in [-0.2, -0.15) is 0 Å². The third-order valence-electron chi connectivity index (χ3n) is 6.07. The van der Waals surface area contributed by atoms with E-state index in [9.17, 15) is 0 Å². The highest BCUT2D eigenvalue weighted by atomic mass is 32.2. The van der Waals surface area contributed by atoms with Gasteiger partial charge in [0.05, 0.1) is 6.54 Å². The van der Waals surface area contributed by atoms with Gasteiger partial charge in [0.25, 0.3) is 0 Å². The van der Waals surface area contributed by atoms with Gasteiger partial charge in [-0.05, 0) is 55.3 Å². The number of hydrogen-bond acceptors (Lipinski definition) is 9. The van der Waals surface area contributed by atoms with E-state index in [2.05, 4.69) is 60.8 Å². The number of fused-ring (bicyclic) bond motifs is 2. The van der Waals surface area contributed by atoms with Crippen LogP contribution in [0, 0.1) is 13.8 Å². The first-order valence-corrected chi connectivity index (χ1v) is 13.3. The predicted octanol–water partition coefficient (Wildman–Crippen LogP) is 5.59. The van der Waals surface area contributed by atoms with Gasteiger partial charge < -0.3 is 15.4 Å². The molecule has 0 saturated carbocycles. The second-order valence-electron chi connectivity index (χ2n) is 8.84. The van der Waals surface area contributed by atoms with Gasteiger partial charge in [0, 0.05) is 35.1 Å². The molecular weight excluding hydrogens is 464 g/mol. The lowest BCUT2D eigenvalue weighted by atomic mass is 9.99. The molecule has 176 valence electrons. The average Bonchev–Trinajstić information content (AvgIpc) is 3.03. The third-order valence-corrected chi connectivity index (χ3v) is 7.43. The van der Waals surface area contributed by atoms with E-state index in [1.165, 1.54) is 16.9 Å². The topological polar surface area (TPSA) is 90.0 Å². The third kappa shape index (κ3) is 4.18. The van der Waals surface area contributed by atoms with Crippen molar-refractivity contribution in [3.8, 4) is 16.9 Å². The van der Waals surface area contributed by atoms with E-state index in [4.69, 9.17) is 20.4 Å². The Hall–Kier alpha value is -2.91. The molecular formula is C25H28N6OS2. The van der Waals surface area contributed by atoms with Crippen LogP contribution in [0.4, 0.5) is 10.9 Å². The first-order valence-electron chi connectivity index (χ1n) is 11.3. The molecule has 0 atom stereocenters. The van der Waals surface area contributed by atoms with Crippen LogP contribution in [0.1, 0.15) is 42.1 Å². The zero-order valence-electron chi connectivity index (χ0n) is 20.0. The minimum Gasteiger partial charge on any atom is -0.491 e. The smallest absolute Gasteiger partial charge is 0.189 e. The van der Waals surface area contributed by atoms with Crippen LogP contribution in [0.15, 0.2) is 29.6 Å². The lowest BCUT2D eigenvalue weighted by Crippen LogP contribution is -2.28. The van der Waals surface area contributed by atoms with Crippen LogP contribution in [0.5, 0.6) is 5.75 Å². The molecule has 0 aliphatic carbocycles. The summed E-state index contributed by atoms with van der Waals surface area (Å²) in [5, 5.41) is 1.33. The second kappa shape index (κ2) is 9.03. The average molecular weight is 493 g/mol. The quantitative estimate of drug-likeness (QED) is 0.291. The normalized spacial score (nSPS) is 13.8. The highest BCUT2D eigenvalue weighted by Crippen LogP contribution is 2.37. The number of aromatic nitrogens is 4. The fourth-order valence-corrected chi connectivity index (χ4v) is 5.67. The van der Waals surface area contributed by atoms with Crippen molar-refractivity contribution < 1.29 is 4.74 Å². The molecule has 1 aliphatic rings. The van der Waals surface area contributed by atoms with Gasteiger partial charge in [0.1, 0.15) is 28.5 Å².